The Morgan fingerprint density at radius 2 is 2.35 bits per heavy atom. The third kappa shape index (κ3) is 3.51. The van der Waals surface area contributed by atoms with Gasteiger partial charge in [-0.25, -0.2) is 4.98 Å². The lowest BCUT2D eigenvalue weighted by Gasteiger charge is -2.15. The molecule has 1 heterocycles. The van der Waals surface area contributed by atoms with Crippen LogP contribution in [0.2, 0.25) is 0 Å². The summed E-state index contributed by atoms with van der Waals surface area (Å²) < 4.78 is 5.58. The van der Waals surface area contributed by atoms with Gasteiger partial charge in [-0.1, -0.05) is 11.3 Å². The summed E-state index contributed by atoms with van der Waals surface area (Å²) in [7, 11) is 1.98. The van der Waals surface area contributed by atoms with Crippen LogP contribution < -0.4 is 4.90 Å². The molecule has 0 amide bonds. The number of likely N-dealkylation sites (N-methyl/N-ethyl adjacent to an activating group) is 1. The number of carbonyl (C=O) groups excluding carboxylic acids is 1. The summed E-state index contributed by atoms with van der Waals surface area (Å²) >= 11 is 1.44. The van der Waals surface area contributed by atoms with Crippen molar-refractivity contribution in [2.24, 2.45) is 5.92 Å². The summed E-state index contributed by atoms with van der Waals surface area (Å²) in [6.45, 7) is 4.30. The average molecular weight is 254 g/mol. The summed E-state index contributed by atoms with van der Waals surface area (Å²) in [5.74, 6) is 0.809. The first-order valence-electron chi connectivity index (χ1n) is 5.92. The van der Waals surface area contributed by atoms with Gasteiger partial charge >= 0.3 is 0 Å². The third-order valence-electron chi connectivity index (χ3n) is 2.88. The van der Waals surface area contributed by atoms with Gasteiger partial charge in [0, 0.05) is 20.2 Å². The van der Waals surface area contributed by atoms with Crippen molar-refractivity contribution < 1.29 is 9.53 Å². The number of ether oxygens (including phenoxy) is 1. The van der Waals surface area contributed by atoms with Crippen LogP contribution >= 0.6 is 11.3 Å². The van der Waals surface area contributed by atoms with Crippen LogP contribution in [0.3, 0.4) is 0 Å². The number of anilines is 1. The van der Waals surface area contributed by atoms with Crippen LogP contribution in [0.15, 0.2) is 0 Å². The zero-order valence-corrected chi connectivity index (χ0v) is 11.1. The number of nitrogens with zero attached hydrogens (tertiary/aromatic N) is 2. The lowest BCUT2D eigenvalue weighted by molar-refractivity contribution is 0.112. The Labute approximate surface area is 106 Å². The minimum atomic E-state index is 0.714. The molecular formula is C12H18N2O2S. The fourth-order valence-electron chi connectivity index (χ4n) is 1.50. The Morgan fingerprint density at radius 3 is 2.94 bits per heavy atom. The topological polar surface area (TPSA) is 42.4 Å². The molecule has 1 saturated carbocycles. The highest BCUT2D eigenvalue weighted by atomic mass is 32.1. The summed E-state index contributed by atoms with van der Waals surface area (Å²) in [5, 5.41) is 0.889. The van der Waals surface area contributed by atoms with Gasteiger partial charge in [-0.3, -0.25) is 4.79 Å². The maximum Gasteiger partial charge on any atom is 0.186 e. The predicted octanol–water partition coefficient (Wildman–Crippen LogP) is 2.13. The van der Waals surface area contributed by atoms with Gasteiger partial charge in [-0.15, -0.1) is 0 Å². The Kier molecular flexibility index (Phi) is 4.12. The molecule has 4 nitrogen and oxygen atoms in total. The first-order valence-corrected chi connectivity index (χ1v) is 6.74. The van der Waals surface area contributed by atoms with Gasteiger partial charge in [0.1, 0.15) is 0 Å². The molecule has 1 aliphatic carbocycles. The molecular weight excluding hydrogens is 236 g/mol. The average Bonchev–Trinajstić information content (AvgIpc) is 3.06. The monoisotopic (exact) mass is 254 g/mol. The van der Waals surface area contributed by atoms with Crippen LogP contribution in [0.1, 0.15) is 28.2 Å². The van der Waals surface area contributed by atoms with Gasteiger partial charge in [0.05, 0.1) is 17.2 Å². The van der Waals surface area contributed by atoms with Crippen LogP contribution in [-0.4, -0.2) is 38.1 Å². The number of aryl methyl sites for hydroxylation is 1. The molecule has 0 bridgehead atoms. The lowest BCUT2D eigenvalue weighted by Crippen LogP contribution is -2.22. The second-order valence-electron chi connectivity index (χ2n) is 4.50. The quantitative estimate of drug-likeness (QED) is 0.552. The van der Waals surface area contributed by atoms with Gasteiger partial charge in [-0.2, -0.15) is 0 Å². The van der Waals surface area contributed by atoms with E-state index in [-0.39, 0.29) is 0 Å². The Hall–Kier alpha value is -0.940. The van der Waals surface area contributed by atoms with Crippen LogP contribution in [-0.2, 0) is 4.74 Å². The number of carbonyl (C=O) groups is 1. The molecule has 1 aromatic rings. The molecule has 1 aromatic heterocycles. The van der Waals surface area contributed by atoms with Crippen LogP contribution in [0.5, 0.6) is 0 Å². The molecule has 0 spiro atoms. The highest BCUT2D eigenvalue weighted by Gasteiger charge is 2.21. The van der Waals surface area contributed by atoms with E-state index in [1.54, 1.807) is 0 Å². The Bertz CT molecular complexity index is 388. The van der Waals surface area contributed by atoms with E-state index in [1.807, 2.05) is 18.9 Å². The third-order valence-corrected chi connectivity index (χ3v) is 4.07. The summed E-state index contributed by atoms with van der Waals surface area (Å²) in [6, 6.07) is 0. The smallest absolute Gasteiger partial charge is 0.186 e. The second-order valence-corrected chi connectivity index (χ2v) is 5.51. The molecule has 17 heavy (non-hydrogen) atoms. The van der Waals surface area contributed by atoms with E-state index >= 15 is 0 Å². The van der Waals surface area contributed by atoms with Crippen molar-refractivity contribution in [1.29, 1.82) is 0 Å². The fourth-order valence-corrected chi connectivity index (χ4v) is 2.37. The van der Waals surface area contributed by atoms with E-state index in [4.69, 9.17) is 4.74 Å². The molecule has 0 radical (unpaired) electrons. The van der Waals surface area contributed by atoms with Crippen molar-refractivity contribution in [2.45, 2.75) is 19.8 Å². The molecule has 0 unspecified atom stereocenters. The van der Waals surface area contributed by atoms with E-state index in [9.17, 15) is 4.79 Å². The van der Waals surface area contributed by atoms with Gasteiger partial charge in [0.2, 0.25) is 0 Å². The number of hydrogen-bond donors (Lipinski definition) is 0. The van der Waals surface area contributed by atoms with E-state index in [0.29, 0.717) is 4.88 Å². The molecule has 0 aliphatic heterocycles. The number of aldehydes is 1. The number of thiazole rings is 1. The zero-order valence-electron chi connectivity index (χ0n) is 10.3. The van der Waals surface area contributed by atoms with Crippen molar-refractivity contribution in [2.75, 3.05) is 31.7 Å². The van der Waals surface area contributed by atoms with Gasteiger partial charge in [-0.05, 0) is 25.7 Å². The highest BCUT2D eigenvalue weighted by molar-refractivity contribution is 7.17. The first-order chi connectivity index (χ1) is 8.20. The van der Waals surface area contributed by atoms with E-state index in [0.717, 1.165) is 42.8 Å². The van der Waals surface area contributed by atoms with Crippen LogP contribution in [0.25, 0.3) is 0 Å². The zero-order chi connectivity index (χ0) is 12.3. The second kappa shape index (κ2) is 5.60. The molecule has 5 heteroatoms. The Morgan fingerprint density at radius 1 is 1.59 bits per heavy atom. The van der Waals surface area contributed by atoms with Crippen molar-refractivity contribution in [1.82, 2.24) is 4.98 Å². The molecule has 0 aromatic carbocycles. The molecule has 2 rings (SSSR count). The van der Waals surface area contributed by atoms with Crippen molar-refractivity contribution in [3.8, 4) is 0 Å². The maximum atomic E-state index is 10.7. The van der Waals surface area contributed by atoms with Gasteiger partial charge in [0.25, 0.3) is 0 Å². The molecule has 0 saturated heterocycles. The van der Waals surface area contributed by atoms with Crippen molar-refractivity contribution >= 4 is 22.8 Å². The van der Waals surface area contributed by atoms with Crippen molar-refractivity contribution in [3.63, 3.8) is 0 Å². The number of rotatable bonds is 7. The van der Waals surface area contributed by atoms with E-state index in [1.165, 1.54) is 24.2 Å². The molecule has 94 valence electrons. The number of hydrogen-bond acceptors (Lipinski definition) is 5. The minimum absolute atomic E-state index is 0.714. The Balaban J connectivity index is 1.76. The van der Waals surface area contributed by atoms with Crippen LogP contribution in [0.4, 0.5) is 5.13 Å². The van der Waals surface area contributed by atoms with Gasteiger partial charge < -0.3 is 9.64 Å². The standard InChI is InChI=1S/C12H18N2O2S/c1-9-11(7-15)17-12(13-9)14(2)5-6-16-8-10-3-4-10/h7,10H,3-6,8H2,1-2H3. The first kappa shape index (κ1) is 12.5. The molecule has 1 aliphatic rings. The minimum Gasteiger partial charge on any atom is -0.379 e. The maximum absolute atomic E-state index is 10.7. The predicted molar refractivity (Wildman–Crippen MR) is 69.1 cm³/mol. The normalized spacial score (nSPS) is 14.9. The van der Waals surface area contributed by atoms with Crippen LogP contribution in [0, 0.1) is 12.8 Å². The van der Waals surface area contributed by atoms with Crippen molar-refractivity contribution in [3.05, 3.63) is 10.6 Å². The van der Waals surface area contributed by atoms with Gasteiger partial charge in [0.15, 0.2) is 11.4 Å². The van der Waals surface area contributed by atoms with E-state index < -0.39 is 0 Å². The molecule has 0 atom stereocenters. The SMILES string of the molecule is Cc1nc(N(C)CCOCC2CC2)sc1C=O. The molecule has 0 N–H and O–H groups in total. The summed E-state index contributed by atoms with van der Waals surface area (Å²) in [4.78, 5) is 17.9. The number of aromatic nitrogens is 1. The fraction of sp³-hybridized carbons (Fsp3) is 0.667. The summed E-state index contributed by atoms with van der Waals surface area (Å²) in [5.41, 5.74) is 0.811. The largest absolute Gasteiger partial charge is 0.379 e. The molecule has 1 fully saturated rings. The lowest BCUT2D eigenvalue weighted by atomic mass is 10.4. The highest BCUT2D eigenvalue weighted by Crippen LogP contribution is 2.28. The summed E-state index contributed by atoms with van der Waals surface area (Å²) in [6.07, 6.45) is 3.52. The van der Waals surface area contributed by atoms with E-state index in [2.05, 4.69) is 4.98 Å².